The van der Waals surface area contributed by atoms with Crippen LogP contribution < -0.4 is 17.0 Å². The monoisotopic (exact) mass is 216 g/mol. The van der Waals surface area contributed by atoms with E-state index in [0.29, 0.717) is 12.0 Å². The molecule has 0 fully saturated rings. The highest BCUT2D eigenvalue weighted by Gasteiger charge is 2.08. The molecule has 1 aromatic heterocycles. The number of hydrogen-bond acceptors (Lipinski definition) is 4. The molecule has 0 aliphatic carbocycles. The molecule has 0 atom stereocenters. The van der Waals surface area contributed by atoms with Crippen LogP contribution in [0.15, 0.2) is 35.1 Å². The van der Waals surface area contributed by atoms with E-state index in [1.807, 2.05) is 30.3 Å². The summed E-state index contributed by atoms with van der Waals surface area (Å²) >= 11 is 0. The average Bonchev–Trinajstić information content (AvgIpc) is 2.25. The van der Waals surface area contributed by atoms with Crippen LogP contribution >= 0.6 is 0 Å². The average molecular weight is 216 g/mol. The van der Waals surface area contributed by atoms with Crippen molar-refractivity contribution in [2.45, 2.75) is 6.42 Å². The first kappa shape index (κ1) is 10.2. The van der Waals surface area contributed by atoms with Gasteiger partial charge in [-0.2, -0.15) is 4.98 Å². The molecule has 0 spiro atoms. The fourth-order valence-electron chi connectivity index (χ4n) is 1.50. The maximum atomic E-state index is 11.6. The molecule has 0 amide bonds. The summed E-state index contributed by atoms with van der Waals surface area (Å²) in [7, 11) is 0. The van der Waals surface area contributed by atoms with Crippen molar-refractivity contribution >= 4 is 11.8 Å². The van der Waals surface area contributed by atoms with Gasteiger partial charge in [0.25, 0.3) is 5.56 Å². The summed E-state index contributed by atoms with van der Waals surface area (Å²) in [6, 6.07) is 9.58. The number of benzene rings is 1. The van der Waals surface area contributed by atoms with E-state index in [2.05, 4.69) is 9.97 Å². The number of rotatable bonds is 2. The summed E-state index contributed by atoms with van der Waals surface area (Å²) in [5, 5.41) is 0. The highest BCUT2D eigenvalue weighted by Crippen LogP contribution is 2.10. The normalized spacial score (nSPS) is 10.2. The van der Waals surface area contributed by atoms with Gasteiger partial charge in [0.2, 0.25) is 5.95 Å². The van der Waals surface area contributed by atoms with Gasteiger partial charge >= 0.3 is 0 Å². The van der Waals surface area contributed by atoms with Crippen molar-refractivity contribution in [2.24, 2.45) is 0 Å². The topological polar surface area (TPSA) is 97.8 Å². The van der Waals surface area contributed by atoms with Gasteiger partial charge in [-0.15, -0.1) is 0 Å². The highest BCUT2D eigenvalue weighted by molar-refractivity contribution is 5.43. The summed E-state index contributed by atoms with van der Waals surface area (Å²) < 4.78 is 0. The molecular formula is C11H12N4O. The van der Waals surface area contributed by atoms with Crippen molar-refractivity contribution in [2.75, 3.05) is 11.5 Å². The minimum atomic E-state index is -0.283. The molecule has 0 aliphatic heterocycles. The second-order valence-electron chi connectivity index (χ2n) is 3.48. The van der Waals surface area contributed by atoms with Crippen LogP contribution in [-0.2, 0) is 6.42 Å². The number of nitrogens with one attached hydrogen (secondary N) is 1. The number of anilines is 2. The molecular weight excluding hydrogens is 204 g/mol. The van der Waals surface area contributed by atoms with Gasteiger partial charge in [-0.3, -0.25) is 9.78 Å². The van der Waals surface area contributed by atoms with Crippen molar-refractivity contribution in [3.05, 3.63) is 51.8 Å². The zero-order valence-electron chi connectivity index (χ0n) is 8.60. The van der Waals surface area contributed by atoms with E-state index in [1.54, 1.807) is 0 Å². The van der Waals surface area contributed by atoms with Gasteiger partial charge in [-0.25, -0.2) is 0 Å². The fourth-order valence-corrected chi connectivity index (χ4v) is 1.50. The molecule has 5 nitrogen and oxygen atoms in total. The third-order valence-electron chi connectivity index (χ3n) is 2.29. The SMILES string of the molecule is Nc1nc(N)c(Cc2ccccc2)c(=O)[nH]1. The Morgan fingerprint density at radius 3 is 2.50 bits per heavy atom. The molecule has 82 valence electrons. The molecule has 16 heavy (non-hydrogen) atoms. The third kappa shape index (κ3) is 2.03. The van der Waals surface area contributed by atoms with Gasteiger partial charge in [-0.05, 0) is 5.56 Å². The summed E-state index contributed by atoms with van der Waals surface area (Å²) in [6.45, 7) is 0. The third-order valence-corrected chi connectivity index (χ3v) is 2.29. The lowest BCUT2D eigenvalue weighted by atomic mass is 10.1. The van der Waals surface area contributed by atoms with Crippen LogP contribution in [0, 0.1) is 0 Å². The van der Waals surface area contributed by atoms with E-state index < -0.39 is 0 Å². The maximum absolute atomic E-state index is 11.6. The van der Waals surface area contributed by atoms with Gasteiger partial charge in [-0.1, -0.05) is 30.3 Å². The summed E-state index contributed by atoms with van der Waals surface area (Å²) in [4.78, 5) is 17.9. The van der Waals surface area contributed by atoms with Crippen molar-refractivity contribution in [3.8, 4) is 0 Å². The van der Waals surface area contributed by atoms with Gasteiger partial charge < -0.3 is 11.5 Å². The Bertz CT molecular complexity index is 548. The van der Waals surface area contributed by atoms with Crippen molar-refractivity contribution < 1.29 is 0 Å². The Hall–Kier alpha value is -2.30. The highest BCUT2D eigenvalue weighted by atomic mass is 16.1. The van der Waals surface area contributed by atoms with Crippen molar-refractivity contribution in [1.82, 2.24) is 9.97 Å². The number of nitrogen functional groups attached to an aromatic ring is 2. The van der Waals surface area contributed by atoms with Gasteiger partial charge in [0.05, 0.1) is 5.56 Å². The van der Waals surface area contributed by atoms with Crippen LogP contribution in [0.4, 0.5) is 11.8 Å². The number of hydrogen-bond donors (Lipinski definition) is 3. The van der Waals surface area contributed by atoms with E-state index in [1.165, 1.54) is 0 Å². The quantitative estimate of drug-likeness (QED) is 0.681. The van der Waals surface area contributed by atoms with E-state index in [4.69, 9.17) is 11.5 Å². The predicted octanol–water partition coefficient (Wildman–Crippen LogP) is 0.525. The minimum absolute atomic E-state index is 0.0410. The molecule has 0 saturated carbocycles. The predicted molar refractivity (Wildman–Crippen MR) is 62.9 cm³/mol. The standard InChI is InChI=1S/C11H12N4O/c12-9-8(10(16)15-11(13)14-9)6-7-4-2-1-3-5-7/h1-5H,6H2,(H5,12,13,14,15,16). The zero-order valence-corrected chi connectivity index (χ0v) is 8.60. The van der Waals surface area contributed by atoms with Crippen LogP contribution in [-0.4, -0.2) is 9.97 Å². The van der Waals surface area contributed by atoms with E-state index in [-0.39, 0.29) is 17.3 Å². The van der Waals surface area contributed by atoms with E-state index in [9.17, 15) is 4.79 Å². The molecule has 5 N–H and O–H groups in total. The summed E-state index contributed by atoms with van der Waals surface area (Å²) in [6.07, 6.45) is 0.454. The maximum Gasteiger partial charge on any atom is 0.257 e. The van der Waals surface area contributed by atoms with Crippen molar-refractivity contribution in [3.63, 3.8) is 0 Å². The largest absolute Gasteiger partial charge is 0.383 e. The number of nitrogens with two attached hydrogens (primary N) is 2. The molecule has 0 unspecified atom stereocenters. The molecule has 1 aromatic carbocycles. The molecule has 5 heteroatoms. The molecule has 0 aliphatic rings. The minimum Gasteiger partial charge on any atom is -0.383 e. The van der Waals surface area contributed by atoms with Crippen LogP contribution in [0.3, 0.4) is 0 Å². The Morgan fingerprint density at radius 1 is 1.19 bits per heavy atom. The van der Waals surface area contributed by atoms with E-state index in [0.717, 1.165) is 5.56 Å². The Morgan fingerprint density at radius 2 is 1.88 bits per heavy atom. The lowest BCUT2D eigenvalue weighted by Gasteiger charge is -2.04. The van der Waals surface area contributed by atoms with Gasteiger partial charge in [0.1, 0.15) is 5.82 Å². The van der Waals surface area contributed by atoms with Crippen LogP contribution in [0.1, 0.15) is 11.1 Å². The van der Waals surface area contributed by atoms with E-state index >= 15 is 0 Å². The van der Waals surface area contributed by atoms with Crippen molar-refractivity contribution in [1.29, 1.82) is 0 Å². The van der Waals surface area contributed by atoms with Gasteiger partial charge in [0, 0.05) is 6.42 Å². The molecule has 0 radical (unpaired) electrons. The molecule has 0 saturated heterocycles. The number of nitrogens with zero attached hydrogens (tertiary/aromatic N) is 1. The van der Waals surface area contributed by atoms with Crippen LogP contribution in [0.5, 0.6) is 0 Å². The second-order valence-corrected chi connectivity index (χ2v) is 3.48. The lowest BCUT2D eigenvalue weighted by Crippen LogP contribution is -2.19. The summed E-state index contributed by atoms with van der Waals surface area (Å²) in [5.41, 5.74) is 12.2. The first-order valence-electron chi connectivity index (χ1n) is 4.85. The Kier molecular flexibility index (Phi) is 2.59. The molecule has 1 heterocycles. The number of H-pyrrole nitrogens is 1. The van der Waals surface area contributed by atoms with Crippen LogP contribution in [0.25, 0.3) is 0 Å². The molecule has 0 bridgehead atoms. The second kappa shape index (κ2) is 4.06. The smallest absolute Gasteiger partial charge is 0.257 e. The Labute approximate surface area is 92.1 Å². The first-order valence-corrected chi connectivity index (χ1v) is 4.85. The van der Waals surface area contributed by atoms with Crippen LogP contribution in [0.2, 0.25) is 0 Å². The van der Waals surface area contributed by atoms with Gasteiger partial charge in [0.15, 0.2) is 0 Å². The first-order chi connectivity index (χ1) is 7.66. The Balaban J connectivity index is 2.39. The molecule has 2 rings (SSSR count). The molecule has 2 aromatic rings. The number of aromatic nitrogens is 2. The number of aromatic amines is 1. The summed E-state index contributed by atoms with van der Waals surface area (Å²) in [5.74, 6) is 0.226. The lowest BCUT2D eigenvalue weighted by molar-refractivity contribution is 1.05. The zero-order chi connectivity index (χ0) is 11.5. The fraction of sp³-hybridized carbons (Fsp3) is 0.0909.